The predicted octanol–water partition coefficient (Wildman–Crippen LogP) is 6.93. The van der Waals surface area contributed by atoms with E-state index in [0.29, 0.717) is 11.3 Å². The highest BCUT2D eigenvalue weighted by atomic mass is 79.9. The molecule has 4 rings (SSSR count). The number of carbonyl (C=O) groups is 1. The summed E-state index contributed by atoms with van der Waals surface area (Å²) in [5, 5.41) is 9.55. The van der Waals surface area contributed by atoms with E-state index in [9.17, 15) is 18.0 Å². The first-order valence-corrected chi connectivity index (χ1v) is 11.9. The van der Waals surface area contributed by atoms with E-state index in [4.69, 9.17) is 11.6 Å². The highest BCUT2D eigenvalue weighted by molar-refractivity contribution is 9.10. The van der Waals surface area contributed by atoms with E-state index in [0.717, 1.165) is 14.1 Å². The van der Waals surface area contributed by atoms with Gasteiger partial charge in [-0.15, -0.1) is 11.8 Å². The predicted molar refractivity (Wildman–Crippen MR) is 124 cm³/mol. The lowest BCUT2D eigenvalue weighted by Gasteiger charge is -2.33. The molecule has 0 bridgehead atoms. The second-order valence-corrected chi connectivity index (χ2v) is 9.29. The fourth-order valence-corrected chi connectivity index (χ4v) is 4.66. The monoisotopic (exact) mass is 544 g/mol. The zero-order valence-corrected chi connectivity index (χ0v) is 19.7. The van der Waals surface area contributed by atoms with Crippen LogP contribution in [0.15, 0.2) is 57.9 Å². The van der Waals surface area contributed by atoms with Crippen LogP contribution in [0.3, 0.4) is 0 Å². The average Bonchev–Trinajstić information content (AvgIpc) is 3.10. The molecule has 0 saturated carbocycles. The summed E-state index contributed by atoms with van der Waals surface area (Å²) in [5.41, 5.74) is 0.932. The SMILES string of the molecule is CSc1ccccc1NC(=O)c1nn2c(c1Cl)N[C@H](c1ccc(Br)cc1)C[C@@H]2C(F)(F)F. The molecule has 2 heterocycles. The second kappa shape index (κ2) is 8.99. The fraction of sp³-hybridized carbons (Fsp3) is 0.238. The van der Waals surface area contributed by atoms with E-state index in [1.54, 1.807) is 36.4 Å². The third kappa shape index (κ3) is 4.49. The summed E-state index contributed by atoms with van der Waals surface area (Å²) >= 11 is 11.1. The highest BCUT2D eigenvalue weighted by Crippen LogP contribution is 2.46. The van der Waals surface area contributed by atoms with Gasteiger partial charge in [0.15, 0.2) is 11.7 Å². The van der Waals surface area contributed by atoms with Crippen molar-refractivity contribution in [3.63, 3.8) is 0 Å². The van der Waals surface area contributed by atoms with Gasteiger partial charge in [0.2, 0.25) is 0 Å². The number of nitrogens with zero attached hydrogens (tertiary/aromatic N) is 2. The Morgan fingerprint density at radius 2 is 1.94 bits per heavy atom. The van der Waals surface area contributed by atoms with Crippen molar-refractivity contribution < 1.29 is 18.0 Å². The van der Waals surface area contributed by atoms with E-state index in [2.05, 4.69) is 31.7 Å². The van der Waals surface area contributed by atoms with Gasteiger partial charge in [0.05, 0.1) is 11.7 Å². The van der Waals surface area contributed by atoms with Crippen molar-refractivity contribution in [1.29, 1.82) is 0 Å². The number of halogens is 5. The number of thioether (sulfide) groups is 1. The van der Waals surface area contributed by atoms with Gasteiger partial charge < -0.3 is 10.6 Å². The van der Waals surface area contributed by atoms with Crippen molar-refractivity contribution in [2.24, 2.45) is 0 Å². The van der Waals surface area contributed by atoms with Crippen LogP contribution in [0.5, 0.6) is 0 Å². The molecular weight excluding hydrogens is 529 g/mol. The number of hydrogen-bond acceptors (Lipinski definition) is 4. The Morgan fingerprint density at radius 3 is 2.59 bits per heavy atom. The number of hydrogen-bond donors (Lipinski definition) is 2. The third-order valence-corrected chi connectivity index (χ3v) is 6.82. The number of nitrogens with one attached hydrogen (secondary N) is 2. The zero-order valence-electron chi connectivity index (χ0n) is 16.6. The molecule has 2 aromatic carbocycles. The van der Waals surface area contributed by atoms with Crippen LogP contribution in [0.4, 0.5) is 24.7 Å². The summed E-state index contributed by atoms with van der Waals surface area (Å²) in [6.07, 6.45) is -3.00. The van der Waals surface area contributed by atoms with Gasteiger partial charge in [-0.3, -0.25) is 4.79 Å². The van der Waals surface area contributed by atoms with Gasteiger partial charge in [0, 0.05) is 15.8 Å². The molecule has 2 N–H and O–H groups in total. The first kappa shape index (κ1) is 23.0. The van der Waals surface area contributed by atoms with E-state index in [1.165, 1.54) is 11.8 Å². The molecular formula is C21H17BrClF3N4OS. The second-order valence-electron chi connectivity index (χ2n) is 7.15. The number of fused-ring (bicyclic) bond motifs is 1. The van der Waals surface area contributed by atoms with Crippen LogP contribution >= 0.6 is 39.3 Å². The minimum atomic E-state index is -4.57. The zero-order chi connectivity index (χ0) is 23.0. The molecule has 5 nitrogen and oxygen atoms in total. The van der Waals surface area contributed by atoms with Crippen molar-refractivity contribution >= 4 is 56.7 Å². The van der Waals surface area contributed by atoms with Crippen LogP contribution in [-0.2, 0) is 0 Å². The normalized spacial score (nSPS) is 18.1. The van der Waals surface area contributed by atoms with E-state index in [1.807, 2.05) is 18.4 Å². The van der Waals surface area contributed by atoms with Gasteiger partial charge in [-0.2, -0.15) is 18.3 Å². The molecule has 0 saturated heterocycles. The van der Waals surface area contributed by atoms with Gasteiger partial charge >= 0.3 is 6.18 Å². The number of carbonyl (C=O) groups excluding carboxylic acids is 1. The molecule has 0 aliphatic carbocycles. The maximum Gasteiger partial charge on any atom is 0.410 e. The van der Waals surface area contributed by atoms with Gasteiger partial charge in [0.1, 0.15) is 10.8 Å². The van der Waals surface area contributed by atoms with E-state index in [-0.39, 0.29) is 23.0 Å². The molecule has 3 aromatic rings. The molecule has 168 valence electrons. The van der Waals surface area contributed by atoms with Gasteiger partial charge in [0.25, 0.3) is 5.91 Å². The van der Waals surface area contributed by atoms with Crippen LogP contribution in [0.25, 0.3) is 0 Å². The third-order valence-electron chi connectivity index (χ3n) is 5.14. The quantitative estimate of drug-likeness (QED) is 0.349. The molecule has 2 atom stereocenters. The van der Waals surface area contributed by atoms with Gasteiger partial charge in [-0.05, 0) is 36.1 Å². The lowest BCUT2D eigenvalue weighted by Crippen LogP contribution is -2.35. The van der Waals surface area contributed by atoms with Crippen LogP contribution in [0.1, 0.15) is 34.6 Å². The molecule has 11 heteroatoms. The minimum absolute atomic E-state index is 0.0311. The van der Waals surface area contributed by atoms with Gasteiger partial charge in [-0.1, -0.05) is 51.8 Å². The average molecular weight is 546 g/mol. The summed E-state index contributed by atoms with van der Waals surface area (Å²) < 4.78 is 43.3. The maximum atomic E-state index is 13.9. The Balaban J connectivity index is 1.70. The number of aromatic nitrogens is 2. The first-order valence-electron chi connectivity index (χ1n) is 9.50. The highest BCUT2D eigenvalue weighted by Gasteiger charge is 2.47. The molecule has 0 unspecified atom stereocenters. The molecule has 32 heavy (non-hydrogen) atoms. The number of amides is 1. The Morgan fingerprint density at radius 1 is 1.25 bits per heavy atom. The Labute approximate surface area is 199 Å². The summed E-state index contributed by atoms with van der Waals surface area (Å²) in [5.74, 6) is -0.710. The van der Waals surface area contributed by atoms with Crippen molar-refractivity contribution in [2.75, 3.05) is 16.9 Å². The molecule has 1 amide bonds. The fourth-order valence-electron chi connectivity index (χ4n) is 3.58. The van der Waals surface area contributed by atoms with E-state index >= 15 is 0 Å². The summed E-state index contributed by atoms with van der Waals surface area (Å²) in [6.45, 7) is 0. The molecule has 0 fully saturated rings. The lowest BCUT2D eigenvalue weighted by atomic mass is 9.97. The Kier molecular flexibility index (Phi) is 6.46. The van der Waals surface area contributed by atoms with Crippen LogP contribution < -0.4 is 10.6 Å². The number of alkyl halides is 3. The van der Waals surface area contributed by atoms with Crippen molar-refractivity contribution in [1.82, 2.24) is 9.78 Å². The summed E-state index contributed by atoms with van der Waals surface area (Å²) in [4.78, 5) is 13.7. The molecule has 1 aromatic heterocycles. The Hall–Kier alpha value is -2.17. The number of benzene rings is 2. The standard InChI is InChI=1S/C21H17BrClF3N4OS/c1-32-15-5-3-2-4-13(15)28-20(31)18-17(23)19-27-14(11-6-8-12(22)9-7-11)10-16(21(24,25)26)30(19)29-18/h2-9,14,16,27H,10H2,1H3,(H,28,31)/t14-,16+/m0/s1. The number of para-hydroxylation sites is 1. The number of rotatable bonds is 4. The summed E-state index contributed by atoms with van der Waals surface area (Å²) in [6, 6.07) is 11.5. The number of anilines is 2. The van der Waals surface area contributed by atoms with Gasteiger partial charge in [-0.25, -0.2) is 4.68 Å². The van der Waals surface area contributed by atoms with Crippen LogP contribution in [0, 0.1) is 0 Å². The van der Waals surface area contributed by atoms with E-state index < -0.39 is 24.2 Å². The minimum Gasteiger partial charge on any atom is -0.362 e. The molecule has 0 spiro atoms. The smallest absolute Gasteiger partial charge is 0.362 e. The van der Waals surface area contributed by atoms with Crippen molar-refractivity contribution in [3.8, 4) is 0 Å². The maximum absolute atomic E-state index is 13.9. The van der Waals surface area contributed by atoms with Crippen LogP contribution in [-0.4, -0.2) is 28.1 Å². The van der Waals surface area contributed by atoms with Crippen LogP contribution in [0.2, 0.25) is 5.02 Å². The first-order chi connectivity index (χ1) is 15.2. The molecule has 1 aliphatic rings. The summed E-state index contributed by atoms with van der Waals surface area (Å²) in [7, 11) is 0. The van der Waals surface area contributed by atoms with Crippen molar-refractivity contribution in [3.05, 3.63) is 69.3 Å². The molecule has 0 radical (unpaired) electrons. The topological polar surface area (TPSA) is 59.0 Å². The lowest BCUT2D eigenvalue weighted by molar-refractivity contribution is -0.173. The molecule has 1 aliphatic heterocycles. The Bertz CT molecular complexity index is 1150. The largest absolute Gasteiger partial charge is 0.410 e. The van der Waals surface area contributed by atoms with Crippen molar-refractivity contribution in [2.45, 2.75) is 29.6 Å².